The van der Waals surface area contributed by atoms with Crippen LogP contribution in [0.3, 0.4) is 0 Å². The minimum absolute atomic E-state index is 0.140. The molecule has 2 aromatic rings. The topological polar surface area (TPSA) is 66.5 Å². The zero-order chi connectivity index (χ0) is 17.2. The summed E-state index contributed by atoms with van der Waals surface area (Å²) in [6, 6.07) is 5.18. The van der Waals surface area contributed by atoms with E-state index < -0.39 is 10.0 Å². The second kappa shape index (κ2) is 7.35. The van der Waals surface area contributed by atoms with Crippen LogP contribution < -0.4 is 5.32 Å². The van der Waals surface area contributed by atoms with Crippen molar-refractivity contribution in [1.82, 2.24) is 9.62 Å². The van der Waals surface area contributed by atoms with Gasteiger partial charge in [-0.2, -0.15) is 15.6 Å². The molecule has 1 aliphatic heterocycles. The smallest absolute Gasteiger partial charge is 0.252 e. The van der Waals surface area contributed by atoms with Gasteiger partial charge in [-0.05, 0) is 42.3 Å². The fourth-order valence-electron chi connectivity index (χ4n) is 2.61. The van der Waals surface area contributed by atoms with Crippen molar-refractivity contribution in [3.8, 4) is 0 Å². The molecule has 5 nitrogen and oxygen atoms in total. The second-order valence-electron chi connectivity index (χ2n) is 6.00. The Bertz CT molecular complexity index is 788. The molecule has 1 amide bonds. The number of hydrogen-bond donors (Lipinski definition) is 1. The zero-order valence-corrected chi connectivity index (χ0v) is 15.8. The van der Waals surface area contributed by atoms with Crippen LogP contribution in [0.4, 0.5) is 0 Å². The van der Waals surface area contributed by atoms with Gasteiger partial charge in [0.2, 0.25) is 0 Å². The quantitative estimate of drug-likeness (QED) is 0.861. The van der Waals surface area contributed by atoms with E-state index >= 15 is 0 Å². The third-order valence-corrected chi connectivity index (χ3v) is 8.31. The lowest BCUT2D eigenvalue weighted by molar-refractivity contribution is 0.0952. The molecule has 0 saturated carbocycles. The maximum Gasteiger partial charge on any atom is 0.252 e. The van der Waals surface area contributed by atoms with Crippen molar-refractivity contribution < 1.29 is 13.2 Å². The van der Waals surface area contributed by atoms with Gasteiger partial charge in [-0.15, -0.1) is 11.3 Å². The van der Waals surface area contributed by atoms with E-state index in [1.165, 1.54) is 22.7 Å². The highest BCUT2D eigenvalue weighted by molar-refractivity contribution is 7.91. The molecule has 3 rings (SSSR count). The van der Waals surface area contributed by atoms with Gasteiger partial charge in [-0.1, -0.05) is 6.92 Å². The van der Waals surface area contributed by atoms with Crippen LogP contribution in [0.2, 0.25) is 0 Å². The molecule has 0 unspecified atom stereocenters. The normalized spacial score (nSPS) is 17.0. The Labute approximate surface area is 150 Å². The van der Waals surface area contributed by atoms with Crippen molar-refractivity contribution in [2.45, 2.75) is 30.5 Å². The number of thiophene rings is 2. The van der Waals surface area contributed by atoms with Crippen molar-refractivity contribution in [1.29, 1.82) is 0 Å². The maximum atomic E-state index is 12.7. The lowest BCUT2D eigenvalue weighted by atomic mass is 10.0. The van der Waals surface area contributed by atoms with Crippen LogP contribution in [-0.4, -0.2) is 31.7 Å². The zero-order valence-electron chi connectivity index (χ0n) is 13.4. The van der Waals surface area contributed by atoms with Crippen LogP contribution in [-0.2, 0) is 16.6 Å². The van der Waals surface area contributed by atoms with Crippen LogP contribution in [0.15, 0.2) is 33.2 Å². The summed E-state index contributed by atoms with van der Waals surface area (Å²) in [5, 5.41) is 6.46. The van der Waals surface area contributed by atoms with E-state index in [1.807, 2.05) is 5.38 Å². The largest absolute Gasteiger partial charge is 0.347 e. The number of carbonyl (C=O) groups excluding carboxylic acids is 1. The van der Waals surface area contributed by atoms with E-state index in [1.54, 1.807) is 27.9 Å². The Balaban J connectivity index is 1.63. The van der Waals surface area contributed by atoms with Gasteiger partial charge in [0.05, 0.1) is 6.54 Å². The molecule has 1 fully saturated rings. The molecule has 2 aromatic heterocycles. The first-order valence-corrected chi connectivity index (χ1v) is 11.1. The van der Waals surface area contributed by atoms with Gasteiger partial charge in [0.1, 0.15) is 4.21 Å². The lowest BCUT2D eigenvalue weighted by Gasteiger charge is -2.28. The summed E-state index contributed by atoms with van der Waals surface area (Å²) in [7, 11) is -3.41. The van der Waals surface area contributed by atoms with Gasteiger partial charge in [-0.25, -0.2) is 8.42 Å². The number of carbonyl (C=O) groups is 1. The molecule has 0 radical (unpaired) electrons. The average Bonchev–Trinajstić information content (AvgIpc) is 3.25. The Morgan fingerprint density at radius 3 is 2.71 bits per heavy atom. The van der Waals surface area contributed by atoms with E-state index in [9.17, 15) is 13.2 Å². The van der Waals surface area contributed by atoms with Crippen molar-refractivity contribution >= 4 is 38.6 Å². The number of rotatable bonds is 5. The highest BCUT2D eigenvalue weighted by atomic mass is 32.2. The summed E-state index contributed by atoms with van der Waals surface area (Å²) >= 11 is 2.70. The fourth-order valence-corrected chi connectivity index (χ4v) is 6.16. The molecule has 3 heterocycles. The number of amides is 1. The molecule has 0 atom stereocenters. The molecule has 0 bridgehead atoms. The Morgan fingerprint density at radius 1 is 1.29 bits per heavy atom. The van der Waals surface area contributed by atoms with Crippen molar-refractivity contribution in [3.63, 3.8) is 0 Å². The van der Waals surface area contributed by atoms with E-state index in [0.717, 1.165) is 17.7 Å². The van der Waals surface area contributed by atoms with Gasteiger partial charge in [0.15, 0.2) is 0 Å². The minimum atomic E-state index is -3.41. The van der Waals surface area contributed by atoms with Gasteiger partial charge in [0.25, 0.3) is 15.9 Å². The molecule has 8 heteroatoms. The first-order valence-electron chi connectivity index (χ1n) is 7.86. The summed E-state index contributed by atoms with van der Waals surface area (Å²) in [6.45, 7) is 3.67. The third kappa shape index (κ3) is 3.88. The lowest BCUT2D eigenvalue weighted by Crippen LogP contribution is -2.37. The first kappa shape index (κ1) is 17.6. The number of nitrogens with zero attached hydrogens (tertiary/aromatic N) is 1. The molecule has 1 saturated heterocycles. The second-order valence-corrected chi connectivity index (χ2v) is 10.1. The molecule has 1 aliphatic rings. The van der Waals surface area contributed by atoms with E-state index in [2.05, 4.69) is 12.2 Å². The summed E-state index contributed by atoms with van der Waals surface area (Å²) in [5.41, 5.74) is 0.631. The van der Waals surface area contributed by atoms with Gasteiger partial charge >= 0.3 is 0 Å². The van der Waals surface area contributed by atoms with Crippen LogP contribution in [0.5, 0.6) is 0 Å². The van der Waals surface area contributed by atoms with Crippen LogP contribution in [0.25, 0.3) is 0 Å². The number of nitrogens with one attached hydrogen (secondary N) is 1. The Kier molecular flexibility index (Phi) is 5.39. The van der Waals surface area contributed by atoms with E-state index in [4.69, 9.17) is 0 Å². The first-order chi connectivity index (χ1) is 11.5. The monoisotopic (exact) mass is 384 g/mol. The standard InChI is InChI=1S/C16H20N2O3S3/c1-12-4-7-18(8-5-12)24(20,21)15-3-2-14(23-15)10-17-16(19)13-6-9-22-11-13/h2-3,6,9,11-12H,4-5,7-8,10H2,1H3,(H,17,19). The molecule has 0 spiro atoms. The van der Waals surface area contributed by atoms with Crippen molar-refractivity contribution in [2.24, 2.45) is 5.92 Å². The Hall–Kier alpha value is -1.22. The Morgan fingerprint density at radius 2 is 2.04 bits per heavy atom. The van der Waals surface area contributed by atoms with Crippen molar-refractivity contribution in [3.05, 3.63) is 39.4 Å². The average molecular weight is 385 g/mol. The summed E-state index contributed by atoms with van der Waals surface area (Å²) in [5.74, 6) is 0.446. The van der Waals surface area contributed by atoms with Crippen LogP contribution in [0.1, 0.15) is 35.0 Å². The molecule has 0 aromatic carbocycles. The van der Waals surface area contributed by atoms with Crippen LogP contribution >= 0.6 is 22.7 Å². The molecular formula is C16H20N2O3S3. The minimum Gasteiger partial charge on any atom is -0.347 e. The molecule has 0 aliphatic carbocycles. The summed E-state index contributed by atoms with van der Waals surface area (Å²) in [4.78, 5) is 12.8. The van der Waals surface area contributed by atoms with Gasteiger partial charge in [-0.3, -0.25) is 4.79 Å². The predicted molar refractivity (Wildman–Crippen MR) is 97.0 cm³/mol. The number of hydrogen-bond acceptors (Lipinski definition) is 5. The highest BCUT2D eigenvalue weighted by Crippen LogP contribution is 2.28. The van der Waals surface area contributed by atoms with E-state index in [0.29, 0.717) is 35.3 Å². The van der Waals surface area contributed by atoms with Crippen LogP contribution in [0, 0.1) is 5.92 Å². The van der Waals surface area contributed by atoms with Gasteiger partial charge in [0, 0.05) is 28.9 Å². The number of piperidine rings is 1. The highest BCUT2D eigenvalue weighted by Gasteiger charge is 2.29. The molecule has 24 heavy (non-hydrogen) atoms. The predicted octanol–water partition coefficient (Wildman–Crippen LogP) is 3.16. The molecule has 1 N–H and O–H groups in total. The maximum absolute atomic E-state index is 12.7. The molecular weight excluding hydrogens is 364 g/mol. The number of sulfonamides is 1. The summed E-state index contributed by atoms with van der Waals surface area (Å²) in [6.07, 6.45) is 1.82. The van der Waals surface area contributed by atoms with Gasteiger partial charge < -0.3 is 5.32 Å². The summed E-state index contributed by atoms with van der Waals surface area (Å²) < 4.78 is 27.3. The third-order valence-electron chi connectivity index (χ3n) is 4.18. The van der Waals surface area contributed by atoms with Crippen molar-refractivity contribution in [2.75, 3.05) is 13.1 Å². The molecule has 130 valence electrons. The van der Waals surface area contributed by atoms with E-state index in [-0.39, 0.29) is 5.91 Å². The SMILES string of the molecule is CC1CCN(S(=O)(=O)c2ccc(CNC(=O)c3ccsc3)s2)CC1. The fraction of sp³-hybridized carbons (Fsp3) is 0.438.